The summed E-state index contributed by atoms with van der Waals surface area (Å²) in [6, 6.07) is 2.43. The summed E-state index contributed by atoms with van der Waals surface area (Å²) in [6.07, 6.45) is 2.03. The average molecular weight is 240 g/mol. The minimum absolute atomic E-state index is 0.0321. The van der Waals surface area contributed by atoms with Crippen molar-refractivity contribution in [1.29, 1.82) is 5.26 Å². The minimum atomic E-state index is -1.59. The fourth-order valence-corrected chi connectivity index (χ4v) is 4.70. The molecule has 1 N–H and O–H groups in total. The minimum Gasteiger partial charge on any atom is -0.322 e. The normalized spacial score (nSPS) is 14.9. The number of nitriles is 1. The molecule has 0 heterocycles. The number of hydrogen-bond donors (Lipinski definition) is 1. The van der Waals surface area contributed by atoms with Crippen molar-refractivity contribution in [2.45, 2.75) is 71.6 Å². The molecule has 0 bridgehead atoms. The lowest BCUT2D eigenvalue weighted by molar-refractivity contribution is 0.444. The van der Waals surface area contributed by atoms with Gasteiger partial charge in [0.05, 0.1) is 12.1 Å². The first-order valence-electron chi connectivity index (χ1n) is 6.36. The maximum Gasteiger partial charge on any atom is 0.126 e. The van der Waals surface area contributed by atoms with E-state index in [1.54, 1.807) is 0 Å². The fourth-order valence-electron chi connectivity index (χ4n) is 1.80. The van der Waals surface area contributed by atoms with E-state index in [0.29, 0.717) is 11.0 Å². The van der Waals surface area contributed by atoms with Gasteiger partial charge in [-0.15, -0.1) is 0 Å². The molecular weight excluding hydrogens is 212 g/mol. The number of nitrogens with one attached hydrogen (secondary N) is 1. The van der Waals surface area contributed by atoms with Crippen molar-refractivity contribution in [2.24, 2.45) is 5.92 Å². The summed E-state index contributed by atoms with van der Waals surface area (Å²) in [6.45, 7) is 16.0. The summed E-state index contributed by atoms with van der Waals surface area (Å²) in [7, 11) is -1.59. The van der Waals surface area contributed by atoms with Crippen molar-refractivity contribution >= 4 is 8.24 Å². The van der Waals surface area contributed by atoms with Gasteiger partial charge >= 0.3 is 0 Å². The predicted molar refractivity (Wildman–Crippen MR) is 73.8 cm³/mol. The van der Waals surface area contributed by atoms with E-state index in [0.717, 1.165) is 12.8 Å². The Morgan fingerprint density at radius 2 is 1.81 bits per heavy atom. The van der Waals surface area contributed by atoms with Crippen LogP contribution in [0.4, 0.5) is 0 Å². The van der Waals surface area contributed by atoms with Crippen LogP contribution in [0.1, 0.15) is 47.5 Å². The van der Waals surface area contributed by atoms with E-state index in [9.17, 15) is 0 Å². The molecule has 0 aromatic heterocycles. The SMILES string of the molecule is CCCC(C#N)N[Si](C)(C)C(C)(C)C(C)C. The van der Waals surface area contributed by atoms with Crippen LogP contribution < -0.4 is 4.98 Å². The zero-order valence-electron chi connectivity index (χ0n) is 12.0. The van der Waals surface area contributed by atoms with E-state index >= 15 is 0 Å². The van der Waals surface area contributed by atoms with Gasteiger partial charge in [0, 0.05) is 0 Å². The molecule has 0 aromatic rings. The molecule has 0 aliphatic carbocycles. The van der Waals surface area contributed by atoms with Gasteiger partial charge in [-0.3, -0.25) is 0 Å². The standard InChI is InChI=1S/C13H28N2Si/c1-8-9-12(10-14)15-16(6,7)13(4,5)11(2)3/h11-12,15H,8-9H2,1-7H3. The third-order valence-electron chi connectivity index (χ3n) is 4.32. The molecule has 0 amide bonds. The second-order valence-corrected chi connectivity index (χ2v) is 10.9. The Bertz CT molecular complexity index is 251. The molecule has 0 spiro atoms. The number of hydrogen-bond acceptors (Lipinski definition) is 2. The molecular formula is C13H28N2Si. The van der Waals surface area contributed by atoms with Crippen molar-refractivity contribution < 1.29 is 0 Å². The molecule has 94 valence electrons. The smallest absolute Gasteiger partial charge is 0.126 e. The lowest BCUT2D eigenvalue weighted by Crippen LogP contribution is -2.58. The van der Waals surface area contributed by atoms with Gasteiger partial charge in [0.25, 0.3) is 0 Å². The molecule has 0 radical (unpaired) electrons. The quantitative estimate of drug-likeness (QED) is 0.715. The van der Waals surface area contributed by atoms with Crippen LogP contribution in [-0.2, 0) is 0 Å². The van der Waals surface area contributed by atoms with Gasteiger partial charge in [0.2, 0.25) is 0 Å². The fraction of sp³-hybridized carbons (Fsp3) is 0.923. The highest BCUT2D eigenvalue weighted by molar-refractivity contribution is 6.78. The van der Waals surface area contributed by atoms with E-state index in [4.69, 9.17) is 5.26 Å². The molecule has 0 aliphatic heterocycles. The monoisotopic (exact) mass is 240 g/mol. The molecule has 3 heteroatoms. The molecule has 2 nitrogen and oxygen atoms in total. The molecule has 1 atom stereocenters. The van der Waals surface area contributed by atoms with Crippen LogP contribution >= 0.6 is 0 Å². The molecule has 0 aliphatic rings. The third kappa shape index (κ3) is 3.60. The van der Waals surface area contributed by atoms with Crippen LogP contribution in [0.15, 0.2) is 0 Å². The zero-order chi connectivity index (χ0) is 13.0. The first-order chi connectivity index (χ1) is 7.19. The summed E-state index contributed by atoms with van der Waals surface area (Å²) in [5.41, 5.74) is 0. The average Bonchev–Trinajstić information content (AvgIpc) is 2.16. The predicted octanol–water partition coefficient (Wildman–Crippen LogP) is 3.91. The first-order valence-corrected chi connectivity index (χ1v) is 9.36. The molecule has 1 unspecified atom stereocenters. The Labute approximate surface area is 103 Å². The second-order valence-electron chi connectivity index (χ2n) is 6.12. The Morgan fingerprint density at radius 3 is 2.12 bits per heavy atom. The summed E-state index contributed by atoms with van der Waals surface area (Å²) in [5, 5.41) is 9.44. The second kappa shape index (κ2) is 5.84. The van der Waals surface area contributed by atoms with Gasteiger partial charge in [-0.1, -0.05) is 54.1 Å². The Kier molecular flexibility index (Phi) is 5.71. The Morgan fingerprint density at radius 1 is 1.31 bits per heavy atom. The van der Waals surface area contributed by atoms with E-state index in [1.165, 1.54) is 0 Å². The third-order valence-corrected chi connectivity index (χ3v) is 9.19. The van der Waals surface area contributed by atoms with Crippen molar-refractivity contribution in [2.75, 3.05) is 0 Å². The van der Waals surface area contributed by atoms with E-state index < -0.39 is 8.24 Å². The maximum absolute atomic E-state index is 9.13. The van der Waals surface area contributed by atoms with Crippen LogP contribution in [0.2, 0.25) is 18.1 Å². The summed E-state index contributed by atoms with van der Waals surface area (Å²) in [4.78, 5) is 3.64. The van der Waals surface area contributed by atoms with Crippen LogP contribution in [-0.4, -0.2) is 14.3 Å². The number of rotatable bonds is 6. The van der Waals surface area contributed by atoms with Gasteiger partial charge in [-0.25, -0.2) is 0 Å². The highest BCUT2D eigenvalue weighted by atomic mass is 28.3. The number of nitrogens with zero attached hydrogens (tertiary/aromatic N) is 1. The summed E-state index contributed by atoms with van der Waals surface area (Å²) >= 11 is 0. The van der Waals surface area contributed by atoms with E-state index in [2.05, 4.69) is 58.8 Å². The molecule has 0 saturated carbocycles. The van der Waals surface area contributed by atoms with Crippen LogP contribution in [0, 0.1) is 17.2 Å². The van der Waals surface area contributed by atoms with Gasteiger partial charge in [-0.2, -0.15) is 5.26 Å². The van der Waals surface area contributed by atoms with Crippen molar-refractivity contribution in [1.82, 2.24) is 4.98 Å². The molecule has 0 rings (SSSR count). The first kappa shape index (κ1) is 15.7. The van der Waals surface area contributed by atoms with Gasteiger partial charge in [0.1, 0.15) is 8.24 Å². The largest absolute Gasteiger partial charge is 0.322 e. The topological polar surface area (TPSA) is 35.8 Å². The molecule has 0 aromatic carbocycles. The van der Waals surface area contributed by atoms with Gasteiger partial charge in [0.15, 0.2) is 0 Å². The lowest BCUT2D eigenvalue weighted by Gasteiger charge is -2.44. The van der Waals surface area contributed by atoms with Crippen molar-refractivity contribution in [3.8, 4) is 6.07 Å². The van der Waals surface area contributed by atoms with Crippen LogP contribution in [0.3, 0.4) is 0 Å². The van der Waals surface area contributed by atoms with E-state index in [1.807, 2.05) is 0 Å². The highest BCUT2D eigenvalue weighted by Crippen LogP contribution is 2.42. The summed E-state index contributed by atoms with van der Waals surface area (Å²) < 4.78 is 0. The Hall–Kier alpha value is -0.333. The van der Waals surface area contributed by atoms with Gasteiger partial charge < -0.3 is 4.98 Å². The maximum atomic E-state index is 9.13. The molecule has 16 heavy (non-hydrogen) atoms. The molecule has 0 fully saturated rings. The molecule has 0 saturated heterocycles. The zero-order valence-corrected chi connectivity index (χ0v) is 13.0. The highest BCUT2D eigenvalue weighted by Gasteiger charge is 2.42. The Balaban J connectivity index is 4.73. The van der Waals surface area contributed by atoms with Crippen molar-refractivity contribution in [3.63, 3.8) is 0 Å². The van der Waals surface area contributed by atoms with E-state index in [-0.39, 0.29) is 6.04 Å². The van der Waals surface area contributed by atoms with Crippen LogP contribution in [0.5, 0.6) is 0 Å². The summed E-state index contributed by atoms with van der Waals surface area (Å²) in [5.74, 6) is 0.641. The van der Waals surface area contributed by atoms with Gasteiger partial charge in [-0.05, 0) is 17.4 Å². The van der Waals surface area contributed by atoms with Crippen LogP contribution in [0.25, 0.3) is 0 Å². The van der Waals surface area contributed by atoms with Crippen molar-refractivity contribution in [3.05, 3.63) is 0 Å². The lowest BCUT2D eigenvalue weighted by atomic mass is 9.99.